The molecule has 45 heavy (non-hydrogen) atoms. The Labute approximate surface area is 280 Å². The van der Waals surface area contributed by atoms with Crippen molar-refractivity contribution in [3.8, 4) is 11.5 Å². The summed E-state index contributed by atoms with van der Waals surface area (Å²) in [4.78, 5) is 28.6. The summed E-state index contributed by atoms with van der Waals surface area (Å²) in [6.07, 6.45) is 0.868. The lowest BCUT2D eigenvalue weighted by molar-refractivity contribution is -0.132. The third kappa shape index (κ3) is 7.64. The van der Waals surface area contributed by atoms with Crippen molar-refractivity contribution in [2.24, 2.45) is 5.92 Å². The maximum absolute atomic E-state index is 13.7. The Balaban J connectivity index is 1.52. The third-order valence-electron chi connectivity index (χ3n) is 6.99. The van der Waals surface area contributed by atoms with E-state index in [1.165, 1.54) is 28.0 Å². The van der Waals surface area contributed by atoms with E-state index in [0.29, 0.717) is 61.9 Å². The minimum atomic E-state index is -0.971. The van der Waals surface area contributed by atoms with Gasteiger partial charge in [0.2, 0.25) is 5.13 Å². The predicted molar refractivity (Wildman–Crippen MR) is 180 cm³/mol. The van der Waals surface area contributed by atoms with Gasteiger partial charge in [-0.15, -0.1) is 10.2 Å². The molecule has 0 bridgehead atoms. The molecule has 0 saturated carbocycles. The Kier molecular flexibility index (Phi) is 10.7. The number of benzene rings is 3. The van der Waals surface area contributed by atoms with Gasteiger partial charge in [-0.05, 0) is 78.9 Å². The molecule has 1 aliphatic heterocycles. The van der Waals surface area contributed by atoms with Crippen LogP contribution >= 0.6 is 46.3 Å². The van der Waals surface area contributed by atoms with Gasteiger partial charge in [-0.2, -0.15) is 0 Å². The number of amides is 1. The number of carbonyl (C=O) groups is 2. The zero-order valence-electron chi connectivity index (χ0n) is 24.8. The molecule has 1 saturated heterocycles. The molecule has 8 nitrogen and oxygen atoms in total. The smallest absolute Gasteiger partial charge is 0.301 e. The number of Topliss-reactive ketones (excluding diaryl/α,β-unsaturated/α-hetero) is 1. The lowest BCUT2D eigenvalue weighted by atomic mass is 9.95. The fourth-order valence-corrected chi connectivity index (χ4v) is 7.13. The zero-order valence-corrected chi connectivity index (χ0v) is 28.0. The molecule has 4 aromatic rings. The maximum atomic E-state index is 13.7. The molecule has 0 aliphatic carbocycles. The van der Waals surface area contributed by atoms with E-state index in [1.54, 1.807) is 54.6 Å². The van der Waals surface area contributed by atoms with Crippen LogP contribution in [0.2, 0.25) is 10.0 Å². The molecular formula is C33H31Cl2N3O5S2. The van der Waals surface area contributed by atoms with Gasteiger partial charge < -0.3 is 14.6 Å². The van der Waals surface area contributed by atoms with Crippen molar-refractivity contribution in [2.75, 3.05) is 18.1 Å². The van der Waals surface area contributed by atoms with Gasteiger partial charge in [0.15, 0.2) is 4.34 Å². The first-order valence-electron chi connectivity index (χ1n) is 14.3. The lowest BCUT2D eigenvalue weighted by Gasteiger charge is -2.23. The monoisotopic (exact) mass is 683 g/mol. The van der Waals surface area contributed by atoms with Crippen molar-refractivity contribution < 1.29 is 24.2 Å². The number of ether oxygens (including phenoxy) is 2. The van der Waals surface area contributed by atoms with Crippen LogP contribution in [-0.4, -0.2) is 40.2 Å². The number of rotatable bonds is 12. The van der Waals surface area contributed by atoms with E-state index in [0.717, 1.165) is 12.0 Å². The van der Waals surface area contributed by atoms with E-state index in [2.05, 4.69) is 24.0 Å². The fraction of sp³-hybridized carbons (Fsp3) is 0.273. The molecule has 1 aliphatic rings. The van der Waals surface area contributed by atoms with Crippen LogP contribution in [-0.2, 0) is 15.3 Å². The van der Waals surface area contributed by atoms with Gasteiger partial charge in [-0.3, -0.25) is 14.5 Å². The van der Waals surface area contributed by atoms with Crippen LogP contribution in [0.15, 0.2) is 76.6 Å². The molecule has 1 fully saturated rings. The number of carbonyl (C=O) groups excluding carboxylic acids is 2. The average Bonchev–Trinajstić information content (AvgIpc) is 3.58. The number of anilines is 1. The highest BCUT2D eigenvalue weighted by molar-refractivity contribution is 8.00. The first-order chi connectivity index (χ1) is 21.7. The van der Waals surface area contributed by atoms with E-state index in [1.807, 2.05) is 19.1 Å². The summed E-state index contributed by atoms with van der Waals surface area (Å²) < 4.78 is 12.1. The third-order valence-corrected chi connectivity index (χ3v) is 9.68. The molecule has 5 rings (SSSR count). The predicted octanol–water partition coefficient (Wildman–Crippen LogP) is 8.59. The second-order valence-corrected chi connectivity index (χ2v) is 13.6. The van der Waals surface area contributed by atoms with E-state index in [-0.39, 0.29) is 16.5 Å². The molecule has 1 unspecified atom stereocenters. The minimum absolute atomic E-state index is 0.0548. The molecule has 0 radical (unpaired) electrons. The first kappa shape index (κ1) is 32.8. The van der Waals surface area contributed by atoms with Gasteiger partial charge in [-0.1, -0.05) is 78.3 Å². The van der Waals surface area contributed by atoms with Crippen LogP contribution in [0.4, 0.5) is 5.13 Å². The van der Waals surface area contributed by atoms with Crippen molar-refractivity contribution >= 4 is 68.9 Å². The SMILES string of the molecule is CCOc1ccc(/C(O)=C2\C(=O)C(=O)N(c3nnc(SCc4ccc(Cl)cc4Cl)s3)C2c2cccc(OCCC(C)C)c2)cc1. The average molecular weight is 685 g/mol. The quantitative estimate of drug-likeness (QED) is 0.0521. The number of aliphatic hydroxyl groups is 1. The largest absolute Gasteiger partial charge is 0.507 e. The van der Waals surface area contributed by atoms with Gasteiger partial charge >= 0.3 is 5.91 Å². The normalized spacial score (nSPS) is 16.0. The van der Waals surface area contributed by atoms with Crippen LogP contribution in [0.1, 0.15) is 49.9 Å². The Bertz CT molecular complexity index is 1730. The topological polar surface area (TPSA) is 102 Å². The van der Waals surface area contributed by atoms with Gasteiger partial charge in [0.1, 0.15) is 17.3 Å². The fourth-order valence-electron chi connectivity index (χ4n) is 4.70. The standard InChI is InChI=1S/C33H31Cl2N3O5S2/c1-4-42-24-12-9-20(10-13-24)29(39)27-28(21-6-5-7-25(16-21)43-15-14-19(2)3)38(31(41)30(27)40)32-36-37-33(45-32)44-18-22-8-11-23(34)17-26(22)35/h5-13,16-17,19,28,39H,4,14-15,18H2,1-3H3/b29-27+. The van der Waals surface area contributed by atoms with Crippen molar-refractivity contribution in [3.05, 3.63) is 99.0 Å². The molecule has 2 heterocycles. The molecule has 0 spiro atoms. The minimum Gasteiger partial charge on any atom is -0.507 e. The summed E-state index contributed by atoms with van der Waals surface area (Å²) in [5.74, 6) is 0.243. The molecule has 234 valence electrons. The second-order valence-electron chi connectivity index (χ2n) is 10.6. The lowest BCUT2D eigenvalue weighted by Crippen LogP contribution is -2.29. The van der Waals surface area contributed by atoms with Crippen LogP contribution < -0.4 is 14.4 Å². The molecule has 1 aromatic heterocycles. The van der Waals surface area contributed by atoms with E-state index >= 15 is 0 Å². The summed E-state index contributed by atoms with van der Waals surface area (Å²) in [6, 6.07) is 18.2. The molecule has 1 atom stereocenters. The Morgan fingerprint density at radius 1 is 1.02 bits per heavy atom. The molecule has 1 amide bonds. The molecular weight excluding hydrogens is 653 g/mol. The highest BCUT2D eigenvalue weighted by Crippen LogP contribution is 2.45. The highest BCUT2D eigenvalue weighted by atomic mass is 35.5. The van der Waals surface area contributed by atoms with Crippen LogP contribution in [0.3, 0.4) is 0 Å². The van der Waals surface area contributed by atoms with Crippen LogP contribution in [0.25, 0.3) is 5.76 Å². The zero-order chi connectivity index (χ0) is 32.1. The number of nitrogens with zero attached hydrogens (tertiary/aromatic N) is 3. The van der Waals surface area contributed by atoms with Crippen molar-refractivity contribution in [1.29, 1.82) is 0 Å². The van der Waals surface area contributed by atoms with Gasteiger partial charge in [0.25, 0.3) is 5.78 Å². The summed E-state index contributed by atoms with van der Waals surface area (Å²) in [6.45, 7) is 7.11. The van der Waals surface area contributed by atoms with Crippen molar-refractivity contribution in [1.82, 2.24) is 10.2 Å². The van der Waals surface area contributed by atoms with Crippen LogP contribution in [0.5, 0.6) is 11.5 Å². The Morgan fingerprint density at radius 2 is 1.80 bits per heavy atom. The first-order valence-corrected chi connectivity index (χ1v) is 16.9. The number of hydrogen-bond donors (Lipinski definition) is 1. The van der Waals surface area contributed by atoms with Gasteiger partial charge in [-0.25, -0.2) is 0 Å². The number of aliphatic hydroxyl groups excluding tert-OH is 1. The number of thioether (sulfide) groups is 1. The summed E-state index contributed by atoms with van der Waals surface area (Å²) in [5.41, 5.74) is 1.77. The number of hydrogen-bond acceptors (Lipinski definition) is 9. The number of aromatic nitrogens is 2. The van der Waals surface area contributed by atoms with Crippen molar-refractivity contribution in [3.63, 3.8) is 0 Å². The van der Waals surface area contributed by atoms with Gasteiger partial charge in [0, 0.05) is 21.4 Å². The number of halogens is 2. The van der Waals surface area contributed by atoms with E-state index in [4.69, 9.17) is 32.7 Å². The van der Waals surface area contributed by atoms with E-state index in [9.17, 15) is 14.7 Å². The van der Waals surface area contributed by atoms with Gasteiger partial charge in [0.05, 0.1) is 24.8 Å². The second kappa shape index (κ2) is 14.7. The van der Waals surface area contributed by atoms with E-state index < -0.39 is 17.7 Å². The molecule has 3 aromatic carbocycles. The Hall–Kier alpha value is -3.57. The summed E-state index contributed by atoms with van der Waals surface area (Å²) in [5, 5.41) is 21.4. The molecule has 12 heteroatoms. The maximum Gasteiger partial charge on any atom is 0.301 e. The highest BCUT2D eigenvalue weighted by Gasteiger charge is 2.48. The summed E-state index contributed by atoms with van der Waals surface area (Å²) >= 11 is 14.9. The van der Waals surface area contributed by atoms with Crippen LogP contribution in [0, 0.1) is 5.92 Å². The summed E-state index contributed by atoms with van der Waals surface area (Å²) in [7, 11) is 0. The van der Waals surface area contributed by atoms with Crippen molar-refractivity contribution in [2.45, 2.75) is 43.3 Å². The molecule has 1 N–H and O–H groups in total. The Morgan fingerprint density at radius 3 is 2.51 bits per heavy atom. The number of ketones is 1.